The molecule has 0 unspecified atom stereocenters. The number of nitrogens with one attached hydrogen (secondary N) is 1. The van der Waals surface area contributed by atoms with Crippen LogP contribution in [0, 0.1) is 0 Å². The molecule has 126 valence electrons. The summed E-state index contributed by atoms with van der Waals surface area (Å²) in [6.07, 6.45) is 3.59. The summed E-state index contributed by atoms with van der Waals surface area (Å²) < 4.78 is 6.37. The van der Waals surface area contributed by atoms with Crippen molar-refractivity contribution in [2.24, 2.45) is 0 Å². The Kier molecular flexibility index (Phi) is 7.77. The van der Waals surface area contributed by atoms with Crippen LogP contribution in [-0.2, 0) is 20.9 Å². The minimum absolute atomic E-state index is 0. The number of hydrogen-bond acceptors (Lipinski definition) is 4. The minimum atomic E-state index is -0.955. The van der Waals surface area contributed by atoms with E-state index in [-0.39, 0.29) is 35.9 Å². The highest BCUT2D eigenvalue weighted by Gasteiger charge is 2.16. The van der Waals surface area contributed by atoms with E-state index in [0.29, 0.717) is 11.3 Å². The second-order valence-electron chi connectivity index (χ2n) is 4.73. The Labute approximate surface area is 150 Å². The zero-order chi connectivity index (χ0) is 16.7. The van der Waals surface area contributed by atoms with E-state index in [4.69, 9.17) is 0 Å². The normalized spacial score (nSPS) is 9.54. The lowest BCUT2D eigenvalue weighted by atomic mass is 10.1. The van der Waals surface area contributed by atoms with E-state index < -0.39 is 11.9 Å². The molecule has 1 heterocycles. The first kappa shape index (κ1) is 19.5. The summed E-state index contributed by atoms with van der Waals surface area (Å²) >= 11 is 0. The molecule has 0 fully saturated rings. The van der Waals surface area contributed by atoms with E-state index in [1.165, 1.54) is 6.07 Å². The standard InChI is InChI=1S/C17H16N2O4.BrH/c1-2-23-17(22)16(21)18-14-8-6-7-13(11-14)15(20)12-19-9-4-3-5-10-19;/h3-11H,2,12H2,1H3;1H. The Morgan fingerprint density at radius 3 is 2.46 bits per heavy atom. The summed E-state index contributed by atoms with van der Waals surface area (Å²) in [4.78, 5) is 35.2. The zero-order valence-corrected chi connectivity index (χ0v) is 14.7. The van der Waals surface area contributed by atoms with Crippen LogP contribution in [0.15, 0.2) is 54.9 Å². The van der Waals surface area contributed by atoms with Gasteiger partial charge in [-0.25, -0.2) is 4.79 Å². The van der Waals surface area contributed by atoms with Gasteiger partial charge in [0.05, 0.1) is 6.61 Å². The number of carbonyl (C=O) groups excluding carboxylic acids is 3. The Hall–Kier alpha value is -2.54. The zero-order valence-electron chi connectivity index (χ0n) is 13.1. The monoisotopic (exact) mass is 392 g/mol. The molecule has 0 saturated heterocycles. The van der Waals surface area contributed by atoms with Crippen LogP contribution in [0.5, 0.6) is 0 Å². The van der Waals surface area contributed by atoms with E-state index in [9.17, 15) is 14.4 Å². The lowest BCUT2D eigenvalue weighted by Gasteiger charge is -2.06. The van der Waals surface area contributed by atoms with Crippen molar-refractivity contribution in [1.29, 1.82) is 0 Å². The predicted molar refractivity (Wildman–Crippen MR) is 82.7 cm³/mol. The number of ether oxygens (including phenoxy) is 1. The lowest BCUT2D eigenvalue weighted by Crippen LogP contribution is -3.00. The summed E-state index contributed by atoms with van der Waals surface area (Å²) in [5, 5.41) is 2.41. The number of pyridine rings is 1. The van der Waals surface area contributed by atoms with Crippen molar-refractivity contribution in [3.63, 3.8) is 0 Å². The molecule has 1 aromatic carbocycles. The Morgan fingerprint density at radius 2 is 1.79 bits per heavy atom. The molecule has 1 aromatic heterocycles. The van der Waals surface area contributed by atoms with Gasteiger partial charge in [-0.2, -0.15) is 4.57 Å². The van der Waals surface area contributed by atoms with Gasteiger partial charge in [-0.05, 0) is 19.1 Å². The van der Waals surface area contributed by atoms with Crippen LogP contribution in [0.25, 0.3) is 0 Å². The van der Waals surface area contributed by atoms with Gasteiger partial charge in [0.15, 0.2) is 12.4 Å². The number of esters is 1. The fourth-order valence-corrected chi connectivity index (χ4v) is 1.95. The first-order valence-electron chi connectivity index (χ1n) is 7.15. The molecule has 0 radical (unpaired) electrons. The molecule has 1 amide bonds. The predicted octanol–water partition coefficient (Wildman–Crippen LogP) is -1.64. The minimum Gasteiger partial charge on any atom is -1.00 e. The second-order valence-corrected chi connectivity index (χ2v) is 4.73. The van der Waals surface area contributed by atoms with Crippen LogP contribution >= 0.6 is 0 Å². The quantitative estimate of drug-likeness (QED) is 0.286. The number of carbonyl (C=O) groups is 3. The summed E-state index contributed by atoms with van der Waals surface area (Å²) in [6.45, 7) is 1.93. The third kappa shape index (κ3) is 5.58. The van der Waals surface area contributed by atoms with Crippen LogP contribution in [0.2, 0.25) is 0 Å². The Morgan fingerprint density at radius 1 is 1.08 bits per heavy atom. The molecule has 0 saturated carbocycles. The van der Waals surface area contributed by atoms with Crippen LogP contribution in [0.3, 0.4) is 0 Å². The first-order valence-corrected chi connectivity index (χ1v) is 7.15. The number of aromatic nitrogens is 1. The van der Waals surface area contributed by atoms with Crippen molar-refractivity contribution in [2.45, 2.75) is 13.5 Å². The number of hydrogen-bond donors (Lipinski definition) is 1. The molecule has 0 aliphatic heterocycles. The van der Waals surface area contributed by atoms with E-state index in [0.717, 1.165) is 0 Å². The Balaban J connectivity index is 0.00000288. The fraction of sp³-hybridized carbons (Fsp3) is 0.176. The number of nitrogens with zero attached hydrogens (tertiary/aromatic N) is 1. The molecule has 24 heavy (non-hydrogen) atoms. The van der Waals surface area contributed by atoms with Crippen molar-refractivity contribution >= 4 is 23.3 Å². The highest BCUT2D eigenvalue weighted by atomic mass is 79.9. The highest BCUT2D eigenvalue weighted by Crippen LogP contribution is 2.11. The summed E-state index contributed by atoms with van der Waals surface area (Å²) in [5.74, 6) is -1.92. The smallest absolute Gasteiger partial charge is 0.397 e. The fourth-order valence-electron chi connectivity index (χ4n) is 1.95. The summed E-state index contributed by atoms with van der Waals surface area (Å²) in [5.41, 5.74) is 0.815. The van der Waals surface area contributed by atoms with E-state index in [1.54, 1.807) is 42.1 Å². The largest absolute Gasteiger partial charge is 1.00 e. The molecular formula is C17H17BrN2O4. The van der Waals surface area contributed by atoms with Crippen molar-refractivity contribution in [3.8, 4) is 0 Å². The number of halogens is 1. The van der Waals surface area contributed by atoms with Gasteiger partial charge in [-0.1, -0.05) is 18.2 Å². The summed E-state index contributed by atoms with van der Waals surface area (Å²) in [7, 11) is 0. The molecule has 0 aliphatic carbocycles. The van der Waals surface area contributed by atoms with Crippen LogP contribution in [0.4, 0.5) is 5.69 Å². The number of ketones is 1. The van der Waals surface area contributed by atoms with Gasteiger partial charge >= 0.3 is 11.9 Å². The lowest BCUT2D eigenvalue weighted by molar-refractivity contribution is -0.683. The van der Waals surface area contributed by atoms with Gasteiger partial charge in [0.25, 0.3) is 0 Å². The molecule has 0 bridgehead atoms. The van der Waals surface area contributed by atoms with E-state index in [1.807, 2.05) is 18.2 Å². The third-order valence-corrected chi connectivity index (χ3v) is 3.01. The van der Waals surface area contributed by atoms with Crippen LogP contribution < -0.4 is 26.9 Å². The number of Topliss-reactive ketones (excluding diaryl/α,β-unsaturated/α-hetero) is 1. The topological polar surface area (TPSA) is 76.3 Å². The van der Waals surface area contributed by atoms with Crippen molar-refractivity contribution in [2.75, 3.05) is 11.9 Å². The SMILES string of the molecule is CCOC(=O)C(=O)Nc1cccc(C(=O)C[n+]2ccccc2)c1.[Br-]. The van der Waals surface area contributed by atoms with Gasteiger partial charge in [0.1, 0.15) is 0 Å². The molecule has 2 rings (SSSR count). The molecule has 2 aromatic rings. The van der Waals surface area contributed by atoms with Crippen molar-refractivity contribution in [1.82, 2.24) is 0 Å². The van der Waals surface area contributed by atoms with E-state index >= 15 is 0 Å². The molecule has 0 spiro atoms. The third-order valence-electron chi connectivity index (χ3n) is 3.01. The molecular weight excluding hydrogens is 376 g/mol. The van der Waals surface area contributed by atoms with Gasteiger partial charge in [-0.3, -0.25) is 9.59 Å². The van der Waals surface area contributed by atoms with Gasteiger partial charge in [-0.15, -0.1) is 0 Å². The maximum absolute atomic E-state index is 12.3. The molecule has 1 N–H and O–H groups in total. The van der Waals surface area contributed by atoms with Gasteiger partial charge in [0, 0.05) is 23.4 Å². The molecule has 0 atom stereocenters. The van der Waals surface area contributed by atoms with Gasteiger partial charge < -0.3 is 27.0 Å². The molecule has 7 heteroatoms. The average molecular weight is 393 g/mol. The first-order chi connectivity index (χ1) is 11.1. The number of benzene rings is 1. The average Bonchev–Trinajstić information content (AvgIpc) is 2.56. The highest BCUT2D eigenvalue weighted by molar-refractivity contribution is 6.37. The molecule has 6 nitrogen and oxygen atoms in total. The Bertz CT molecular complexity index is 720. The van der Waals surface area contributed by atoms with Crippen LogP contribution in [-0.4, -0.2) is 24.3 Å². The molecule has 0 aliphatic rings. The maximum Gasteiger partial charge on any atom is 0.397 e. The second kappa shape index (κ2) is 9.57. The van der Waals surface area contributed by atoms with Crippen LogP contribution in [0.1, 0.15) is 17.3 Å². The number of anilines is 1. The van der Waals surface area contributed by atoms with E-state index in [2.05, 4.69) is 10.1 Å². The summed E-state index contributed by atoms with van der Waals surface area (Å²) in [6, 6.07) is 12.0. The number of rotatable bonds is 5. The van der Waals surface area contributed by atoms with Gasteiger partial charge in [0.2, 0.25) is 12.3 Å². The van der Waals surface area contributed by atoms with Crippen molar-refractivity contribution in [3.05, 3.63) is 60.4 Å². The maximum atomic E-state index is 12.3. The number of amides is 1. The van der Waals surface area contributed by atoms with Crippen molar-refractivity contribution < 1.29 is 40.7 Å².